The lowest BCUT2D eigenvalue weighted by Gasteiger charge is -2.35. The summed E-state index contributed by atoms with van der Waals surface area (Å²) in [5, 5.41) is 6.64. The second-order valence-electron chi connectivity index (χ2n) is 9.36. The van der Waals surface area contributed by atoms with Crippen LogP contribution < -0.4 is 29.9 Å². The van der Waals surface area contributed by atoms with Crippen LogP contribution in [0.5, 0.6) is 11.5 Å². The van der Waals surface area contributed by atoms with Gasteiger partial charge in [-0.2, -0.15) is 4.98 Å². The van der Waals surface area contributed by atoms with Gasteiger partial charge in [0.05, 0.1) is 38.5 Å². The molecular formula is C27H32Cl2N8O4. The van der Waals surface area contributed by atoms with Crippen LogP contribution in [0.25, 0.3) is 0 Å². The molecule has 1 aromatic carbocycles. The van der Waals surface area contributed by atoms with Crippen LogP contribution in [0.2, 0.25) is 10.0 Å². The number of allylic oxidation sites excluding steroid dienone is 1. The minimum Gasteiger partial charge on any atom is -0.495 e. The molecule has 0 saturated carbocycles. The summed E-state index contributed by atoms with van der Waals surface area (Å²) < 4.78 is 10.7. The number of nitrogens with zero attached hydrogens (tertiary/aromatic N) is 6. The van der Waals surface area contributed by atoms with Crippen LogP contribution in [0.3, 0.4) is 0 Å². The number of likely N-dealkylation sites (tertiary alicyclic amines) is 1. The van der Waals surface area contributed by atoms with Crippen LogP contribution >= 0.6 is 23.2 Å². The van der Waals surface area contributed by atoms with Gasteiger partial charge in [0.1, 0.15) is 33.2 Å². The number of aromatic nitrogens is 2. The highest BCUT2D eigenvalue weighted by Crippen LogP contribution is 2.47. The molecule has 4 rings (SSSR count). The van der Waals surface area contributed by atoms with E-state index in [2.05, 4.69) is 37.1 Å². The van der Waals surface area contributed by atoms with Crippen molar-refractivity contribution in [2.24, 2.45) is 4.99 Å². The molecule has 1 fully saturated rings. The Bertz CT molecular complexity index is 1390. The zero-order chi connectivity index (χ0) is 29.8. The fraction of sp³-hybridized carbons (Fsp3) is 0.370. The summed E-state index contributed by atoms with van der Waals surface area (Å²) in [4.78, 5) is 44.2. The quantitative estimate of drug-likeness (QED) is 0.263. The van der Waals surface area contributed by atoms with E-state index in [0.29, 0.717) is 41.9 Å². The van der Waals surface area contributed by atoms with E-state index in [-0.39, 0.29) is 40.3 Å². The van der Waals surface area contributed by atoms with Crippen molar-refractivity contribution in [1.29, 1.82) is 0 Å². The Morgan fingerprint density at radius 2 is 1.85 bits per heavy atom. The highest BCUT2D eigenvalue weighted by molar-refractivity contribution is 6.42. The molecule has 218 valence electrons. The number of amidine groups is 1. The topological polar surface area (TPSA) is 125 Å². The maximum absolute atomic E-state index is 13.5. The Hall–Kier alpha value is -4.03. The standard InChI is InChI=1S/C27H32Cl2N8O4/c1-7-9-30-15(3)36-13-17(32-21(38)8-2)18(14-36)33-26-31-11-16-12-37(27(39)35(4)25(16)34-26)24-22(28)19(40-5)10-20(41-6)23(24)29/h7-11,17-18H,2,12-14H2,1,3-6H3,(H,32,38)(H,31,33,34). The lowest BCUT2D eigenvalue weighted by Crippen LogP contribution is -2.47. The van der Waals surface area contributed by atoms with E-state index < -0.39 is 6.03 Å². The number of amides is 3. The van der Waals surface area contributed by atoms with Crippen molar-refractivity contribution >= 4 is 58.4 Å². The molecule has 2 N–H and O–H groups in total. The second kappa shape index (κ2) is 12.6. The van der Waals surface area contributed by atoms with Gasteiger partial charge in [-0.1, -0.05) is 35.9 Å². The number of hydrogen-bond acceptors (Lipinski definition) is 8. The number of nitrogens with one attached hydrogen (secondary N) is 2. The molecule has 0 spiro atoms. The Morgan fingerprint density at radius 1 is 1.20 bits per heavy atom. The number of ether oxygens (including phenoxy) is 2. The third kappa shape index (κ3) is 6.03. The average molecular weight is 604 g/mol. The van der Waals surface area contributed by atoms with E-state index in [1.54, 1.807) is 25.5 Å². The van der Waals surface area contributed by atoms with Gasteiger partial charge in [-0.15, -0.1) is 0 Å². The number of carbonyl (C=O) groups excluding carboxylic acids is 2. The number of anilines is 3. The predicted octanol–water partition coefficient (Wildman–Crippen LogP) is 4.10. The molecular weight excluding hydrogens is 571 g/mol. The minimum atomic E-state index is -0.403. The molecule has 2 aliphatic rings. The van der Waals surface area contributed by atoms with Crippen molar-refractivity contribution in [3.63, 3.8) is 0 Å². The average Bonchev–Trinajstić information content (AvgIpc) is 3.36. The third-order valence-corrected chi connectivity index (χ3v) is 7.57. The fourth-order valence-electron chi connectivity index (χ4n) is 4.70. The molecule has 0 radical (unpaired) electrons. The molecule has 1 aromatic heterocycles. The van der Waals surface area contributed by atoms with E-state index in [0.717, 1.165) is 5.84 Å². The highest BCUT2D eigenvalue weighted by atomic mass is 35.5. The number of benzene rings is 1. The van der Waals surface area contributed by atoms with E-state index >= 15 is 0 Å². The first-order chi connectivity index (χ1) is 19.6. The van der Waals surface area contributed by atoms with Gasteiger partial charge in [-0.3, -0.25) is 14.6 Å². The lowest BCUT2D eigenvalue weighted by atomic mass is 10.1. The van der Waals surface area contributed by atoms with Crippen molar-refractivity contribution in [1.82, 2.24) is 20.2 Å². The Kier molecular flexibility index (Phi) is 9.24. The Morgan fingerprint density at radius 3 is 2.46 bits per heavy atom. The molecule has 12 nitrogen and oxygen atoms in total. The summed E-state index contributed by atoms with van der Waals surface area (Å²) in [5.41, 5.74) is 0.932. The maximum atomic E-state index is 13.5. The monoisotopic (exact) mass is 602 g/mol. The summed E-state index contributed by atoms with van der Waals surface area (Å²) in [6.45, 7) is 8.55. The summed E-state index contributed by atoms with van der Waals surface area (Å²) in [5.74, 6) is 1.90. The zero-order valence-corrected chi connectivity index (χ0v) is 25.0. The smallest absolute Gasteiger partial charge is 0.330 e. The molecule has 2 atom stereocenters. The highest BCUT2D eigenvalue weighted by Gasteiger charge is 2.37. The van der Waals surface area contributed by atoms with Gasteiger partial charge in [0.25, 0.3) is 0 Å². The van der Waals surface area contributed by atoms with Crippen LogP contribution in [-0.4, -0.2) is 79.1 Å². The molecule has 1 saturated heterocycles. The molecule has 0 bridgehead atoms. The largest absolute Gasteiger partial charge is 0.495 e. The maximum Gasteiger partial charge on any atom is 0.330 e. The van der Waals surface area contributed by atoms with Gasteiger partial charge >= 0.3 is 6.03 Å². The number of carbonyl (C=O) groups is 2. The molecule has 2 aromatic rings. The molecule has 2 aliphatic heterocycles. The van der Waals surface area contributed by atoms with E-state index in [4.69, 9.17) is 32.7 Å². The number of methoxy groups -OCH3 is 2. The minimum absolute atomic E-state index is 0.115. The van der Waals surface area contributed by atoms with Crippen LogP contribution in [-0.2, 0) is 11.3 Å². The molecule has 3 amide bonds. The number of halogens is 2. The van der Waals surface area contributed by atoms with Crippen molar-refractivity contribution in [2.75, 3.05) is 49.5 Å². The molecule has 0 aliphatic carbocycles. The molecule has 3 heterocycles. The molecule has 14 heteroatoms. The van der Waals surface area contributed by atoms with Crippen molar-refractivity contribution in [2.45, 2.75) is 32.5 Å². The van der Waals surface area contributed by atoms with Crippen LogP contribution in [0.4, 0.5) is 22.2 Å². The van der Waals surface area contributed by atoms with E-state index in [1.807, 2.05) is 19.9 Å². The first-order valence-electron chi connectivity index (χ1n) is 12.7. The van der Waals surface area contributed by atoms with Gasteiger partial charge in [0.2, 0.25) is 11.9 Å². The molecule has 41 heavy (non-hydrogen) atoms. The summed E-state index contributed by atoms with van der Waals surface area (Å²) in [7, 11) is 4.54. The number of urea groups is 1. The first-order valence-corrected chi connectivity index (χ1v) is 13.5. The summed E-state index contributed by atoms with van der Waals surface area (Å²) >= 11 is 13.2. The van der Waals surface area contributed by atoms with Crippen molar-refractivity contribution in [3.8, 4) is 11.5 Å². The number of rotatable bonds is 8. The SMILES string of the molecule is C=CC(=O)NC1CN(C(C)=NC=CC)CC1Nc1ncc2c(n1)N(C)C(=O)N(c1c(Cl)c(OC)cc(OC)c1Cl)C2. The van der Waals surface area contributed by atoms with Gasteiger partial charge < -0.3 is 25.0 Å². The van der Waals surface area contributed by atoms with Crippen molar-refractivity contribution < 1.29 is 19.1 Å². The zero-order valence-electron chi connectivity index (χ0n) is 23.4. The number of aliphatic imine (C=N–C) groups is 1. The normalized spacial score (nSPS) is 19.0. The number of fused-ring (bicyclic) bond motifs is 1. The summed E-state index contributed by atoms with van der Waals surface area (Å²) in [6.07, 6.45) is 6.44. The van der Waals surface area contributed by atoms with Crippen LogP contribution in [0.1, 0.15) is 19.4 Å². The first kappa shape index (κ1) is 29.9. The lowest BCUT2D eigenvalue weighted by molar-refractivity contribution is -0.117. The fourth-order valence-corrected chi connectivity index (χ4v) is 5.40. The van der Waals surface area contributed by atoms with Crippen LogP contribution in [0, 0.1) is 0 Å². The van der Waals surface area contributed by atoms with Gasteiger partial charge in [-0.25, -0.2) is 14.8 Å². The summed E-state index contributed by atoms with van der Waals surface area (Å²) in [6, 6.07) is 0.651. The predicted molar refractivity (Wildman–Crippen MR) is 161 cm³/mol. The van der Waals surface area contributed by atoms with Gasteiger partial charge in [-0.05, 0) is 19.9 Å². The van der Waals surface area contributed by atoms with E-state index in [1.165, 1.54) is 30.1 Å². The Labute approximate surface area is 248 Å². The van der Waals surface area contributed by atoms with Crippen LogP contribution in [0.15, 0.2) is 42.2 Å². The third-order valence-electron chi connectivity index (χ3n) is 6.84. The molecule has 2 unspecified atom stereocenters. The van der Waals surface area contributed by atoms with E-state index in [9.17, 15) is 9.59 Å². The van der Waals surface area contributed by atoms with Crippen molar-refractivity contribution in [3.05, 3.63) is 52.8 Å². The van der Waals surface area contributed by atoms with Gasteiger partial charge in [0.15, 0.2) is 0 Å². The Balaban J connectivity index is 1.62. The van der Waals surface area contributed by atoms with Gasteiger partial charge in [0, 0.05) is 44.2 Å². The second-order valence-corrected chi connectivity index (χ2v) is 10.1. The number of hydrogen-bond donors (Lipinski definition) is 2.